The number of aromatic nitrogens is 1. The van der Waals surface area contributed by atoms with Gasteiger partial charge >= 0.3 is 6.03 Å². The lowest BCUT2D eigenvalue weighted by Gasteiger charge is -2.27. The van der Waals surface area contributed by atoms with Crippen molar-refractivity contribution in [1.82, 2.24) is 15.2 Å². The molecule has 1 atom stereocenters. The van der Waals surface area contributed by atoms with Gasteiger partial charge < -0.3 is 19.7 Å². The maximum atomic E-state index is 12.6. The molecule has 27 heavy (non-hydrogen) atoms. The van der Waals surface area contributed by atoms with Crippen molar-refractivity contribution in [2.75, 3.05) is 20.3 Å². The van der Waals surface area contributed by atoms with E-state index >= 15 is 0 Å². The van der Waals surface area contributed by atoms with E-state index in [4.69, 9.17) is 9.47 Å². The second-order valence-corrected chi connectivity index (χ2v) is 7.15. The summed E-state index contributed by atoms with van der Waals surface area (Å²) in [5, 5.41) is 2.99. The van der Waals surface area contributed by atoms with Crippen LogP contribution in [0.3, 0.4) is 0 Å². The molecule has 0 saturated heterocycles. The molecule has 2 heterocycles. The number of nitrogens with zero attached hydrogens (tertiary/aromatic N) is 2. The minimum absolute atomic E-state index is 0.0843. The molecule has 0 spiro atoms. The second kappa shape index (κ2) is 7.47. The first-order chi connectivity index (χ1) is 13.1. The Morgan fingerprint density at radius 1 is 1.22 bits per heavy atom. The van der Waals surface area contributed by atoms with E-state index in [-0.39, 0.29) is 12.1 Å². The zero-order valence-electron chi connectivity index (χ0n) is 15.8. The number of carbonyl (C=O) groups excluding carboxylic acids is 1. The molecule has 1 N–H and O–H groups in total. The Morgan fingerprint density at radius 3 is 2.89 bits per heavy atom. The van der Waals surface area contributed by atoms with Crippen LogP contribution in [-0.2, 0) is 19.4 Å². The van der Waals surface area contributed by atoms with Gasteiger partial charge in [0.2, 0.25) is 0 Å². The van der Waals surface area contributed by atoms with Gasteiger partial charge in [0.1, 0.15) is 13.2 Å². The number of hydrogen-bond donors (Lipinski definition) is 1. The number of urea groups is 1. The molecule has 2 aliphatic rings. The molecule has 2 aromatic rings. The van der Waals surface area contributed by atoms with Crippen molar-refractivity contribution in [2.24, 2.45) is 0 Å². The molecule has 0 bridgehead atoms. The van der Waals surface area contributed by atoms with Crippen LogP contribution >= 0.6 is 0 Å². The largest absolute Gasteiger partial charge is 0.486 e. The summed E-state index contributed by atoms with van der Waals surface area (Å²) in [6.07, 6.45) is 5.20. The Hall–Kier alpha value is -2.76. The van der Waals surface area contributed by atoms with E-state index in [0.717, 1.165) is 35.5 Å². The van der Waals surface area contributed by atoms with Crippen LogP contribution in [-0.4, -0.2) is 36.2 Å². The lowest BCUT2D eigenvalue weighted by Crippen LogP contribution is -2.38. The molecule has 6 heteroatoms. The molecule has 0 fully saturated rings. The maximum absolute atomic E-state index is 12.6. The predicted molar refractivity (Wildman–Crippen MR) is 102 cm³/mol. The average molecular weight is 367 g/mol. The van der Waals surface area contributed by atoms with Gasteiger partial charge in [-0.3, -0.25) is 4.98 Å². The standard InChI is InChI=1S/C21H25N3O3/c1-14(16-6-7-19-20(11-16)27-9-8-26-19)24(2)21(25)23-13-15-10-17-4-3-5-18(17)22-12-15/h6-7,10-12,14H,3-5,8-9,13H2,1-2H3,(H,23,25). The summed E-state index contributed by atoms with van der Waals surface area (Å²) in [7, 11) is 1.80. The van der Waals surface area contributed by atoms with Gasteiger partial charge in [0.05, 0.1) is 6.04 Å². The van der Waals surface area contributed by atoms with Gasteiger partial charge in [0.25, 0.3) is 0 Å². The van der Waals surface area contributed by atoms with E-state index in [1.807, 2.05) is 31.3 Å². The maximum Gasteiger partial charge on any atom is 0.317 e. The summed E-state index contributed by atoms with van der Waals surface area (Å²) in [6, 6.07) is 7.80. The van der Waals surface area contributed by atoms with Gasteiger partial charge in [-0.15, -0.1) is 0 Å². The van der Waals surface area contributed by atoms with Crippen molar-refractivity contribution in [3.63, 3.8) is 0 Å². The van der Waals surface area contributed by atoms with E-state index in [0.29, 0.717) is 19.8 Å². The Balaban J connectivity index is 1.38. The molecule has 1 aliphatic heterocycles. The lowest BCUT2D eigenvalue weighted by molar-refractivity contribution is 0.170. The molecule has 1 aliphatic carbocycles. The number of carbonyl (C=O) groups is 1. The van der Waals surface area contributed by atoms with Gasteiger partial charge in [0, 0.05) is 25.5 Å². The highest BCUT2D eigenvalue weighted by Crippen LogP contribution is 2.33. The van der Waals surface area contributed by atoms with Crippen molar-refractivity contribution >= 4 is 6.03 Å². The Bertz CT molecular complexity index is 853. The predicted octanol–water partition coefficient (Wildman–Crippen LogP) is 3.24. The lowest BCUT2D eigenvalue weighted by atomic mass is 10.1. The summed E-state index contributed by atoms with van der Waals surface area (Å²) in [4.78, 5) is 18.8. The third-order valence-electron chi connectivity index (χ3n) is 5.37. The number of aryl methyl sites for hydroxylation is 2. The van der Waals surface area contributed by atoms with Gasteiger partial charge in [-0.1, -0.05) is 12.1 Å². The molecule has 4 rings (SSSR count). The molecular weight excluding hydrogens is 342 g/mol. The fourth-order valence-electron chi connectivity index (χ4n) is 3.59. The summed E-state index contributed by atoms with van der Waals surface area (Å²) in [5.74, 6) is 1.50. The summed E-state index contributed by atoms with van der Waals surface area (Å²) < 4.78 is 11.2. The summed E-state index contributed by atoms with van der Waals surface area (Å²) >= 11 is 0. The topological polar surface area (TPSA) is 63.7 Å². The van der Waals surface area contributed by atoms with E-state index in [9.17, 15) is 4.79 Å². The highest BCUT2D eigenvalue weighted by molar-refractivity contribution is 5.74. The van der Waals surface area contributed by atoms with E-state index in [2.05, 4.69) is 16.4 Å². The first-order valence-corrected chi connectivity index (χ1v) is 9.48. The number of pyridine rings is 1. The monoisotopic (exact) mass is 367 g/mol. The number of benzene rings is 1. The first-order valence-electron chi connectivity index (χ1n) is 9.48. The SMILES string of the molecule is CC(c1ccc2c(c1)OCCO2)N(C)C(=O)NCc1cnc2c(c1)CCC2. The quantitative estimate of drug-likeness (QED) is 0.901. The highest BCUT2D eigenvalue weighted by Gasteiger charge is 2.20. The van der Waals surface area contributed by atoms with Gasteiger partial charge in [-0.25, -0.2) is 4.79 Å². The first kappa shape index (κ1) is 17.6. The second-order valence-electron chi connectivity index (χ2n) is 7.15. The van der Waals surface area contributed by atoms with Crippen LogP contribution in [0, 0.1) is 0 Å². The minimum atomic E-state index is -0.113. The zero-order chi connectivity index (χ0) is 18.8. The third-order valence-corrected chi connectivity index (χ3v) is 5.37. The van der Waals surface area contributed by atoms with E-state index < -0.39 is 0 Å². The van der Waals surface area contributed by atoms with Crippen LogP contribution in [0.4, 0.5) is 4.79 Å². The summed E-state index contributed by atoms with van der Waals surface area (Å²) in [5.41, 5.74) is 4.58. The summed E-state index contributed by atoms with van der Waals surface area (Å²) in [6.45, 7) is 3.61. The number of hydrogen-bond acceptors (Lipinski definition) is 4. The normalized spacial score (nSPS) is 15.8. The Morgan fingerprint density at radius 2 is 2.04 bits per heavy atom. The van der Waals surface area contributed by atoms with Gasteiger partial charge in [0.15, 0.2) is 11.5 Å². The van der Waals surface area contributed by atoms with Crippen LogP contribution in [0.25, 0.3) is 0 Å². The van der Waals surface area contributed by atoms with E-state index in [1.54, 1.807) is 11.9 Å². The number of nitrogens with one attached hydrogen (secondary N) is 1. The number of ether oxygens (including phenoxy) is 2. The number of fused-ring (bicyclic) bond motifs is 2. The van der Waals surface area contributed by atoms with Crippen LogP contribution < -0.4 is 14.8 Å². The molecule has 2 amide bonds. The molecule has 0 saturated carbocycles. The molecule has 142 valence electrons. The van der Waals surface area contributed by atoms with Crippen molar-refractivity contribution < 1.29 is 14.3 Å². The molecule has 1 aromatic carbocycles. The van der Waals surface area contributed by atoms with Crippen LogP contribution in [0.2, 0.25) is 0 Å². The molecule has 1 aromatic heterocycles. The van der Waals surface area contributed by atoms with Crippen LogP contribution in [0.5, 0.6) is 11.5 Å². The highest BCUT2D eigenvalue weighted by atomic mass is 16.6. The third kappa shape index (κ3) is 3.70. The van der Waals surface area contributed by atoms with Crippen molar-refractivity contribution in [1.29, 1.82) is 0 Å². The molecule has 1 unspecified atom stereocenters. The smallest absolute Gasteiger partial charge is 0.317 e. The minimum Gasteiger partial charge on any atom is -0.486 e. The fraction of sp³-hybridized carbons (Fsp3) is 0.429. The Kier molecular flexibility index (Phi) is 4.88. The molecular formula is C21H25N3O3. The van der Waals surface area contributed by atoms with E-state index in [1.165, 1.54) is 17.7 Å². The molecule has 0 radical (unpaired) electrons. The van der Waals surface area contributed by atoms with Gasteiger partial charge in [-0.05, 0) is 55.0 Å². The van der Waals surface area contributed by atoms with Gasteiger partial charge in [-0.2, -0.15) is 0 Å². The average Bonchev–Trinajstić information content (AvgIpc) is 3.18. The molecule has 6 nitrogen and oxygen atoms in total. The van der Waals surface area contributed by atoms with Crippen molar-refractivity contribution in [2.45, 2.75) is 38.8 Å². The van der Waals surface area contributed by atoms with Crippen LogP contribution in [0.1, 0.15) is 41.8 Å². The fourth-order valence-corrected chi connectivity index (χ4v) is 3.59. The number of amides is 2. The van der Waals surface area contributed by atoms with Crippen molar-refractivity contribution in [3.05, 3.63) is 52.8 Å². The zero-order valence-corrected chi connectivity index (χ0v) is 15.8. The van der Waals surface area contributed by atoms with Crippen molar-refractivity contribution in [3.8, 4) is 11.5 Å². The Labute approximate surface area is 159 Å². The number of rotatable bonds is 4. The van der Waals surface area contributed by atoms with Crippen LogP contribution in [0.15, 0.2) is 30.5 Å².